The summed E-state index contributed by atoms with van der Waals surface area (Å²) in [4.78, 5) is 16.1. The highest BCUT2D eigenvalue weighted by molar-refractivity contribution is 5.64. The van der Waals surface area contributed by atoms with E-state index in [2.05, 4.69) is 14.9 Å². The Hall–Kier alpha value is -3.36. The Kier molecular flexibility index (Phi) is 5.27. The molecule has 0 saturated carbocycles. The van der Waals surface area contributed by atoms with Gasteiger partial charge in [-0.2, -0.15) is 0 Å². The van der Waals surface area contributed by atoms with Crippen LogP contribution in [0.3, 0.4) is 0 Å². The number of rotatable bonds is 3. The molecule has 34 heavy (non-hydrogen) atoms. The first-order chi connectivity index (χ1) is 16.6. The molecule has 1 aromatic carbocycles. The molecule has 4 heterocycles. The van der Waals surface area contributed by atoms with Crippen LogP contribution in [0.15, 0.2) is 55.0 Å². The summed E-state index contributed by atoms with van der Waals surface area (Å²) in [5, 5.41) is 12.0. The van der Waals surface area contributed by atoms with E-state index in [1.165, 1.54) is 12.1 Å². The predicted octanol–water partition coefficient (Wildman–Crippen LogP) is 3.73. The SMILES string of the molecule is OC1(c2cccc(F)c2)CCCCc2nc3ccc(-c4cnc(N5CCOCC5)nc4)cn3c21. The lowest BCUT2D eigenvalue weighted by Crippen LogP contribution is -2.37. The van der Waals surface area contributed by atoms with E-state index in [-0.39, 0.29) is 5.82 Å². The molecule has 1 aliphatic carbocycles. The number of nitrogens with zero attached hydrogens (tertiary/aromatic N) is 5. The molecule has 0 bridgehead atoms. The van der Waals surface area contributed by atoms with Crippen LogP contribution in [0, 0.1) is 5.82 Å². The summed E-state index contributed by atoms with van der Waals surface area (Å²) in [5.41, 5.74) is 3.38. The lowest BCUT2D eigenvalue weighted by molar-refractivity contribution is 0.0648. The maximum atomic E-state index is 14.1. The highest BCUT2D eigenvalue weighted by Gasteiger charge is 2.39. The van der Waals surface area contributed by atoms with Gasteiger partial charge in [-0.1, -0.05) is 12.1 Å². The number of aliphatic hydroxyl groups is 1. The number of anilines is 1. The molecule has 8 heteroatoms. The molecule has 0 radical (unpaired) electrons. The van der Waals surface area contributed by atoms with E-state index in [0.717, 1.165) is 60.5 Å². The van der Waals surface area contributed by atoms with Gasteiger partial charge in [0.2, 0.25) is 5.95 Å². The standard InChI is InChI=1S/C26H26FN5O2/c27-21-5-3-4-20(14-21)26(33)9-2-1-6-22-24(26)32-17-18(7-8-23(32)30-22)19-15-28-25(29-16-19)31-10-12-34-13-11-31/h3-5,7-8,14-17,33H,1-2,6,9-13H2. The maximum absolute atomic E-state index is 14.1. The van der Waals surface area contributed by atoms with Gasteiger partial charge >= 0.3 is 0 Å². The van der Waals surface area contributed by atoms with Crippen molar-refractivity contribution in [1.82, 2.24) is 19.4 Å². The number of fused-ring (bicyclic) bond motifs is 3. The highest BCUT2D eigenvalue weighted by Crippen LogP contribution is 2.40. The van der Waals surface area contributed by atoms with Gasteiger partial charge in [0.15, 0.2) is 0 Å². The van der Waals surface area contributed by atoms with Gasteiger partial charge in [0.1, 0.15) is 17.1 Å². The molecular formula is C26H26FN5O2. The summed E-state index contributed by atoms with van der Waals surface area (Å²) in [6, 6.07) is 10.2. The summed E-state index contributed by atoms with van der Waals surface area (Å²) in [5.74, 6) is 0.342. The summed E-state index contributed by atoms with van der Waals surface area (Å²) in [6.07, 6.45) is 8.69. The number of ether oxygens (including phenoxy) is 1. The second-order valence-electron chi connectivity index (χ2n) is 9.00. The first-order valence-corrected chi connectivity index (χ1v) is 11.8. The van der Waals surface area contributed by atoms with E-state index in [0.29, 0.717) is 31.1 Å². The fraction of sp³-hybridized carbons (Fsp3) is 0.346. The molecule has 1 atom stereocenters. The first-order valence-electron chi connectivity index (χ1n) is 11.8. The number of morpholine rings is 1. The minimum atomic E-state index is -1.32. The third kappa shape index (κ3) is 3.63. The molecule has 1 unspecified atom stereocenters. The molecule has 0 spiro atoms. The molecule has 6 rings (SSSR count). The zero-order chi connectivity index (χ0) is 23.1. The molecule has 3 aromatic heterocycles. The first kappa shape index (κ1) is 21.2. The van der Waals surface area contributed by atoms with Crippen molar-refractivity contribution in [2.45, 2.75) is 31.3 Å². The number of aryl methyl sites for hydroxylation is 1. The van der Waals surface area contributed by atoms with Crippen molar-refractivity contribution in [2.24, 2.45) is 0 Å². The third-order valence-corrected chi connectivity index (χ3v) is 6.85. The van der Waals surface area contributed by atoms with Gasteiger partial charge in [-0.3, -0.25) is 4.40 Å². The average Bonchev–Trinajstić information content (AvgIpc) is 3.16. The van der Waals surface area contributed by atoms with E-state index >= 15 is 0 Å². The Labute approximate surface area is 196 Å². The quantitative estimate of drug-likeness (QED) is 0.471. The van der Waals surface area contributed by atoms with Crippen LogP contribution in [-0.4, -0.2) is 50.8 Å². The molecule has 1 fully saturated rings. The van der Waals surface area contributed by atoms with Crippen molar-refractivity contribution >= 4 is 11.6 Å². The van der Waals surface area contributed by atoms with Crippen LogP contribution in [-0.2, 0) is 16.8 Å². The van der Waals surface area contributed by atoms with Gasteiger partial charge in [-0.25, -0.2) is 19.3 Å². The normalized spacial score (nSPS) is 20.8. The molecule has 1 saturated heterocycles. The number of pyridine rings is 1. The minimum absolute atomic E-state index is 0.358. The zero-order valence-electron chi connectivity index (χ0n) is 18.8. The Morgan fingerprint density at radius 3 is 2.62 bits per heavy atom. The second-order valence-corrected chi connectivity index (χ2v) is 9.00. The average molecular weight is 460 g/mol. The van der Waals surface area contributed by atoms with Crippen molar-refractivity contribution in [3.05, 3.63) is 77.8 Å². The topological polar surface area (TPSA) is 75.8 Å². The lowest BCUT2D eigenvalue weighted by atomic mass is 9.86. The highest BCUT2D eigenvalue weighted by atomic mass is 19.1. The van der Waals surface area contributed by atoms with Crippen LogP contribution < -0.4 is 4.90 Å². The summed E-state index contributed by atoms with van der Waals surface area (Å²) >= 11 is 0. The largest absolute Gasteiger partial charge is 0.379 e. The van der Waals surface area contributed by atoms with Crippen molar-refractivity contribution in [3.8, 4) is 11.1 Å². The third-order valence-electron chi connectivity index (χ3n) is 6.85. The molecule has 1 N–H and O–H groups in total. The van der Waals surface area contributed by atoms with Crippen LogP contribution >= 0.6 is 0 Å². The number of halogens is 1. The smallest absolute Gasteiger partial charge is 0.225 e. The summed E-state index contributed by atoms with van der Waals surface area (Å²) in [6.45, 7) is 2.93. The van der Waals surface area contributed by atoms with Gasteiger partial charge in [-0.15, -0.1) is 0 Å². The van der Waals surface area contributed by atoms with Gasteiger partial charge in [0.25, 0.3) is 0 Å². The van der Waals surface area contributed by atoms with E-state index in [9.17, 15) is 9.50 Å². The number of benzene rings is 1. The number of hydrogen-bond donors (Lipinski definition) is 1. The molecule has 174 valence electrons. The molecule has 4 aromatic rings. The fourth-order valence-electron chi connectivity index (χ4n) is 5.09. The summed E-state index contributed by atoms with van der Waals surface area (Å²) < 4.78 is 21.5. The Balaban J connectivity index is 1.43. The van der Waals surface area contributed by atoms with Crippen molar-refractivity contribution in [2.75, 3.05) is 31.2 Å². The van der Waals surface area contributed by atoms with E-state index < -0.39 is 5.60 Å². The Morgan fingerprint density at radius 2 is 1.82 bits per heavy atom. The van der Waals surface area contributed by atoms with Crippen LogP contribution in [0.4, 0.5) is 10.3 Å². The molecular weight excluding hydrogens is 433 g/mol. The molecule has 1 aliphatic heterocycles. The second kappa shape index (κ2) is 8.45. The fourth-order valence-corrected chi connectivity index (χ4v) is 5.09. The van der Waals surface area contributed by atoms with Gasteiger partial charge in [0.05, 0.1) is 24.6 Å². The number of imidazole rings is 1. The van der Waals surface area contributed by atoms with Crippen LogP contribution in [0.2, 0.25) is 0 Å². The van der Waals surface area contributed by atoms with Crippen molar-refractivity contribution in [3.63, 3.8) is 0 Å². The van der Waals surface area contributed by atoms with E-state index in [1.54, 1.807) is 12.1 Å². The zero-order valence-corrected chi connectivity index (χ0v) is 18.8. The van der Waals surface area contributed by atoms with Crippen molar-refractivity contribution in [1.29, 1.82) is 0 Å². The predicted molar refractivity (Wildman–Crippen MR) is 126 cm³/mol. The number of aromatic nitrogens is 4. The number of hydrogen-bond acceptors (Lipinski definition) is 6. The van der Waals surface area contributed by atoms with Crippen LogP contribution in [0.5, 0.6) is 0 Å². The van der Waals surface area contributed by atoms with Crippen molar-refractivity contribution < 1.29 is 14.2 Å². The maximum Gasteiger partial charge on any atom is 0.225 e. The summed E-state index contributed by atoms with van der Waals surface area (Å²) in [7, 11) is 0. The lowest BCUT2D eigenvalue weighted by Gasteiger charge is -2.28. The van der Waals surface area contributed by atoms with Gasteiger partial charge in [-0.05, 0) is 55.5 Å². The monoisotopic (exact) mass is 459 g/mol. The van der Waals surface area contributed by atoms with E-state index in [4.69, 9.17) is 9.72 Å². The van der Waals surface area contributed by atoms with Gasteiger partial charge in [0, 0.05) is 42.8 Å². The molecule has 7 nitrogen and oxygen atoms in total. The van der Waals surface area contributed by atoms with Crippen LogP contribution in [0.25, 0.3) is 16.8 Å². The van der Waals surface area contributed by atoms with Gasteiger partial charge < -0.3 is 14.7 Å². The molecule has 0 amide bonds. The Bertz CT molecular complexity index is 1330. The molecule has 2 aliphatic rings. The Morgan fingerprint density at radius 1 is 1.00 bits per heavy atom. The van der Waals surface area contributed by atoms with E-state index in [1.807, 2.05) is 35.1 Å². The minimum Gasteiger partial charge on any atom is -0.379 e. The van der Waals surface area contributed by atoms with Crippen LogP contribution in [0.1, 0.15) is 36.2 Å².